The van der Waals surface area contributed by atoms with E-state index in [-0.39, 0.29) is 12.6 Å². The summed E-state index contributed by atoms with van der Waals surface area (Å²) in [7, 11) is 0. The number of carboxylic acids is 1. The van der Waals surface area contributed by atoms with E-state index in [4.69, 9.17) is 16.6 Å². The van der Waals surface area contributed by atoms with Crippen molar-refractivity contribution < 1.29 is 14.7 Å². The summed E-state index contributed by atoms with van der Waals surface area (Å²) in [4.78, 5) is 23.2. The van der Waals surface area contributed by atoms with Crippen LogP contribution in [0, 0.1) is 0 Å². The Hall–Kier alpha value is -1.14. The Balaban J connectivity index is 2.51. The number of carbonyl (C=O) groups is 2. The molecule has 14 heavy (non-hydrogen) atoms. The number of primary amides is 1. The summed E-state index contributed by atoms with van der Waals surface area (Å²) in [6, 6.07) is -1.30. The molecule has 0 aliphatic carbocycles. The van der Waals surface area contributed by atoms with Crippen LogP contribution in [0.5, 0.6) is 0 Å². The van der Waals surface area contributed by atoms with Gasteiger partial charge in [-0.2, -0.15) is 0 Å². The molecule has 0 radical (unpaired) electrons. The van der Waals surface area contributed by atoms with Crippen molar-refractivity contribution in [3.63, 3.8) is 0 Å². The van der Waals surface area contributed by atoms with Crippen LogP contribution in [-0.4, -0.2) is 47.1 Å². The number of nitrogens with zero attached hydrogens (tertiary/aromatic N) is 1. The van der Waals surface area contributed by atoms with Crippen LogP contribution in [0.3, 0.4) is 0 Å². The summed E-state index contributed by atoms with van der Waals surface area (Å²) in [5, 5.41) is 8.60. The fourth-order valence-corrected chi connectivity index (χ4v) is 1.70. The first-order valence-electron chi connectivity index (χ1n) is 4.54. The summed E-state index contributed by atoms with van der Waals surface area (Å²) in [6.45, 7) is 0.873. The van der Waals surface area contributed by atoms with Gasteiger partial charge in [-0.05, 0) is 19.4 Å². The van der Waals surface area contributed by atoms with Gasteiger partial charge < -0.3 is 16.6 Å². The van der Waals surface area contributed by atoms with E-state index in [1.165, 1.54) is 0 Å². The van der Waals surface area contributed by atoms with Gasteiger partial charge in [-0.3, -0.25) is 14.5 Å². The maximum absolute atomic E-state index is 11.0. The first-order valence-corrected chi connectivity index (χ1v) is 4.54. The van der Waals surface area contributed by atoms with Gasteiger partial charge in [0, 0.05) is 6.54 Å². The van der Waals surface area contributed by atoms with Gasteiger partial charge in [0.2, 0.25) is 5.91 Å². The van der Waals surface area contributed by atoms with Crippen LogP contribution in [-0.2, 0) is 9.59 Å². The average molecular weight is 201 g/mol. The molecule has 0 aromatic carbocycles. The molecule has 1 amide bonds. The van der Waals surface area contributed by atoms with E-state index in [9.17, 15) is 9.59 Å². The Labute approximate surface area is 81.8 Å². The molecular weight excluding hydrogens is 186 g/mol. The van der Waals surface area contributed by atoms with E-state index in [1.807, 2.05) is 0 Å². The van der Waals surface area contributed by atoms with Crippen molar-refractivity contribution in [3.05, 3.63) is 0 Å². The number of hydrogen-bond donors (Lipinski definition) is 3. The first kappa shape index (κ1) is 10.9. The number of amides is 1. The Kier molecular flexibility index (Phi) is 3.43. The van der Waals surface area contributed by atoms with E-state index < -0.39 is 17.9 Å². The van der Waals surface area contributed by atoms with E-state index in [2.05, 4.69) is 0 Å². The molecule has 6 heteroatoms. The molecule has 1 fully saturated rings. The fraction of sp³-hybridized carbons (Fsp3) is 0.750. The van der Waals surface area contributed by atoms with Gasteiger partial charge in [0.15, 0.2) is 0 Å². The van der Waals surface area contributed by atoms with E-state index in [1.54, 1.807) is 4.90 Å². The normalized spacial score (nSPS) is 24.8. The Bertz CT molecular complexity index is 244. The Morgan fingerprint density at radius 1 is 1.57 bits per heavy atom. The number of hydrogen-bond acceptors (Lipinski definition) is 4. The monoisotopic (exact) mass is 201 g/mol. The van der Waals surface area contributed by atoms with Crippen LogP contribution < -0.4 is 11.5 Å². The molecule has 0 aromatic heterocycles. The minimum absolute atomic E-state index is 0.183. The van der Waals surface area contributed by atoms with Crippen LogP contribution in [0.2, 0.25) is 0 Å². The summed E-state index contributed by atoms with van der Waals surface area (Å²) >= 11 is 0. The van der Waals surface area contributed by atoms with Gasteiger partial charge in [-0.15, -0.1) is 0 Å². The SMILES string of the molecule is NC(=O)C1CCCN1CC(N)C(=O)O. The van der Waals surface area contributed by atoms with Crippen molar-refractivity contribution in [2.24, 2.45) is 11.5 Å². The second kappa shape index (κ2) is 4.39. The van der Waals surface area contributed by atoms with Crippen LogP contribution >= 0.6 is 0 Å². The van der Waals surface area contributed by atoms with Crippen molar-refractivity contribution in [3.8, 4) is 0 Å². The van der Waals surface area contributed by atoms with Crippen molar-refractivity contribution in [1.29, 1.82) is 0 Å². The average Bonchev–Trinajstić information content (AvgIpc) is 2.52. The summed E-state index contributed by atoms with van der Waals surface area (Å²) in [5.74, 6) is -1.46. The first-order chi connectivity index (χ1) is 6.52. The predicted octanol–water partition coefficient (Wildman–Crippen LogP) is -1.65. The molecule has 5 N–H and O–H groups in total. The number of nitrogens with two attached hydrogens (primary N) is 2. The van der Waals surface area contributed by atoms with E-state index >= 15 is 0 Å². The number of aliphatic carboxylic acids is 1. The fourth-order valence-electron chi connectivity index (χ4n) is 1.70. The smallest absolute Gasteiger partial charge is 0.321 e. The van der Waals surface area contributed by atoms with Crippen molar-refractivity contribution in [1.82, 2.24) is 4.90 Å². The highest BCUT2D eigenvalue weighted by atomic mass is 16.4. The molecule has 2 unspecified atom stereocenters. The van der Waals surface area contributed by atoms with E-state index in [0.717, 1.165) is 6.42 Å². The van der Waals surface area contributed by atoms with Gasteiger partial charge in [-0.25, -0.2) is 0 Å². The molecule has 0 aromatic rings. The third kappa shape index (κ3) is 2.43. The minimum Gasteiger partial charge on any atom is -0.480 e. The molecule has 1 aliphatic rings. The van der Waals surface area contributed by atoms with Gasteiger partial charge in [0.05, 0.1) is 6.04 Å². The number of rotatable bonds is 4. The third-order valence-electron chi connectivity index (χ3n) is 2.44. The lowest BCUT2D eigenvalue weighted by atomic mass is 10.2. The third-order valence-corrected chi connectivity index (χ3v) is 2.44. The molecule has 6 nitrogen and oxygen atoms in total. The second-order valence-corrected chi connectivity index (χ2v) is 3.50. The quantitative estimate of drug-likeness (QED) is 0.504. The summed E-state index contributed by atoms with van der Waals surface area (Å²) in [5.41, 5.74) is 10.5. The highest BCUT2D eigenvalue weighted by Gasteiger charge is 2.31. The highest BCUT2D eigenvalue weighted by Crippen LogP contribution is 2.16. The van der Waals surface area contributed by atoms with Gasteiger partial charge in [0.1, 0.15) is 6.04 Å². The molecule has 1 aliphatic heterocycles. The maximum atomic E-state index is 11.0. The number of carboxylic acid groups (broad SMARTS) is 1. The van der Waals surface area contributed by atoms with Crippen molar-refractivity contribution in [2.45, 2.75) is 24.9 Å². The van der Waals surface area contributed by atoms with Crippen LogP contribution in [0.1, 0.15) is 12.8 Å². The standard InChI is InChI=1S/C8H15N3O3/c9-5(8(13)14)4-11-3-1-2-6(11)7(10)12/h5-6H,1-4,9H2,(H2,10,12)(H,13,14). The van der Waals surface area contributed by atoms with Gasteiger partial charge in [-0.1, -0.05) is 0 Å². The zero-order chi connectivity index (χ0) is 10.7. The minimum atomic E-state index is -1.06. The van der Waals surface area contributed by atoms with Gasteiger partial charge >= 0.3 is 5.97 Å². The second-order valence-electron chi connectivity index (χ2n) is 3.50. The number of carbonyl (C=O) groups excluding carboxylic acids is 1. The molecular formula is C8H15N3O3. The molecule has 0 spiro atoms. The zero-order valence-electron chi connectivity index (χ0n) is 7.85. The summed E-state index contributed by atoms with van der Waals surface area (Å²) < 4.78 is 0. The topological polar surface area (TPSA) is 110 Å². The van der Waals surface area contributed by atoms with E-state index in [0.29, 0.717) is 13.0 Å². The number of likely N-dealkylation sites (tertiary alicyclic amines) is 1. The lowest BCUT2D eigenvalue weighted by Gasteiger charge is -2.23. The van der Waals surface area contributed by atoms with Crippen LogP contribution in [0.15, 0.2) is 0 Å². The van der Waals surface area contributed by atoms with Crippen molar-refractivity contribution in [2.75, 3.05) is 13.1 Å². The predicted molar refractivity (Wildman–Crippen MR) is 49.4 cm³/mol. The van der Waals surface area contributed by atoms with Crippen LogP contribution in [0.4, 0.5) is 0 Å². The lowest BCUT2D eigenvalue weighted by molar-refractivity contribution is -0.139. The Morgan fingerprint density at radius 2 is 2.21 bits per heavy atom. The zero-order valence-corrected chi connectivity index (χ0v) is 7.85. The lowest BCUT2D eigenvalue weighted by Crippen LogP contribution is -2.48. The molecule has 0 saturated carbocycles. The molecule has 80 valence electrons. The summed E-state index contributed by atoms with van der Waals surface area (Å²) in [6.07, 6.45) is 1.56. The molecule has 1 rings (SSSR count). The molecule has 1 saturated heterocycles. The van der Waals surface area contributed by atoms with Crippen molar-refractivity contribution >= 4 is 11.9 Å². The molecule has 1 heterocycles. The largest absolute Gasteiger partial charge is 0.480 e. The van der Waals surface area contributed by atoms with Crippen LogP contribution in [0.25, 0.3) is 0 Å². The maximum Gasteiger partial charge on any atom is 0.321 e. The molecule has 2 atom stereocenters. The highest BCUT2D eigenvalue weighted by molar-refractivity contribution is 5.80. The van der Waals surface area contributed by atoms with Gasteiger partial charge in [0.25, 0.3) is 0 Å². The Morgan fingerprint density at radius 3 is 2.71 bits per heavy atom. The molecule has 0 bridgehead atoms.